The predicted molar refractivity (Wildman–Crippen MR) is 117 cm³/mol. The highest BCUT2D eigenvalue weighted by Crippen LogP contribution is 2.45. The van der Waals surface area contributed by atoms with Gasteiger partial charge in [0.25, 0.3) is 5.97 Å². The quantitative estimate of drug-likeness (QED) is 0.612. The maximum absolute atomic E-state index is 15.9. The number of hydrogen-bond donors (Lipinski definition) is 1. The predicted octanol–water partition coefficient (Wildman–Crippen LogP) is 5.19. The highest BCUT2D eigenvalue weighted by Gasteiger charge is 2.57. The molecule has 0 saturated carbocycles. The first kappa shape index (κ1) is 24.1. The number of rotatable bonds is 7. The van der Waals surface area contributed by atoms with Gasteiger partial charge in [-0.25, -0.2) is 4.39 Å². The molecule has 5 nitrogen and oxygen atoms in total. The highest BCUT2D eigenvalue weighted by atomic mass is 19.3. The van der Waals surface area contributed by atoms with Crippen LogP contribution in [0.25, 0.3) is 0 Å². The third kappa shape index (κ3) is 5.09. The van der Waals surface area contributed by atoms with Crippen molar-refractivity contribution < 1.29 is 27.4 Å². The summed E-state index contributed by atoms with van der Waals surface area (Å²) in [5.74, 6) is -5.40. The molecule has 0 spiro atoms. The Morgan fingerprint density at radius 2 is 1.61 bits per heavy atom. The van der Waals surface area contributed by atoms with Gasteiger partial charge in [-0.2, -0.15) is 8.78 Å². The molecule has 1 aromatic heterocycles. The Kier molecular flexibility index (Phi) is 6.33. The molecule has 1 aromatic carbocycles. The molecule has 1 N–H and O–H groups in total. The second kappa shape index (κ2) is 8.65. The summed E-state index contributed by atoms with van der Waals surface area (Å²) >= 11 is 0. The van der Waals surface area contributed by atoms with E-state index in [2.05, 4.69) is 10.3 Å². The van der Waals surface area contributed by atoms with Crippen molar-refractivity contribution in [3.8, 4) is 0 Å². The van der Waals surface area contributed by atoms with E-state index in [0.29, 0.717) is 26.2 Å². The number of pyridine rings is 1. The number of ether oxygens (including phenoxy) is 3. The van der Waals surface area contributed by atoms with E-state index >= 15 is 8.78 Å². The first-order chi connectivity index (χ1) is 15.4. The second-order valence-corrected chi connectivity index (χ2v) is 10.6. The molecule has 2 bridgehead atoms. The van der Waals surface area contributed by atoms with Crippen LogP contribution in [0.1, 0.15) is 51.4 Å². The lowest BCUT2D eigenvalue weighted by Crippen LogP contribution is -2.68. The van der Waals surface area contributed by atoms with Gasteiger partial charge >= 0.3 is 5.92 Å². The number of benzene rings is 1. The van der Waals surface area contributed by atoms with E-state index in [1.165, 1.54) is 42.6 Å². The Balaban J connectivity index is 1.74. The zero-order valence-electron chi connectivity index (χ0n) is 19.4. The van der Waals surface area contributed by atoms with E-state index in [-0.39, 0.29) is 22.1 Å². The molecule has 0 amide bonds. The van der Waals surface area contributed by atoms with Crippen molar-refractivity contribution in [3.05, 3.63) is 65.7 Å². The molecule has 3 aliphatic rings. The van der Waals surface area contributed by atoms with Crippen molar-refractivity contribution >= 4 is 0 Å². The molecule has 2 aromatic rings. The van der Waals surface area contributed by atoms with Gasteiger partial charge < -0.3 is 14.2 Å². The van der Waals surface area contributed by atoms with Crippen molar-refractivity contribution in [1.82, 2.24) is 10.3 Å². The second-order valence-electron chi connectivity index (χ2n) is 10.6. The Morgan fingerprint density at radius 1 is 1.00 bits per heavy atom. The molecule has 2 atom stereocenters. The molecular formula is C25H31F3N2O3. The van der Waals surface area contributed by atoms with E-state index in [0.717, 1.165) is 0 Å². The van der Waals surface area contributed by atoms with Gasteiger partial charge in [-0.15, -0.1) is 0 Å². The van der Waals surface area contributed by atoms with Crippen molar-refractivity contribution in [2.75, 3.05) is 19.8 Å². The number of halogens is 3. The number of aromatic nitrogens is 1. The third-order valence-electron chi connectivity index (χ3n) is 6.05. The molecule has 8 heteroatoms. The maximum atomic E-state index is 15.9. The summed E-state index contributed by atoms with van der Waals surface area (Å²) in [7, 11) is 0. The van der Waals surface area contributed by atoms with Gasteiger partial charge in [0.05, 0.1) is 25.9 Å². The van der Waals surface area contributed by atoms with Crippen LogP contribution in [0.4, 0.5) is 13.2 Å². The van der Waals surface area contributed by atoms with E-state index in [1.807, 2.05) is 27.7 Å². The van der Waals surface area contributed by atoms with Gasteiger partial charge in [-0.3, -0.25) is 10.3 Å². The molecule has 3 fully saturated rings. The van der Waals surface area contributed by atoms with E-state index in [1.54, 1.807) is 6.07 Å². The molecule has 3 saturated heterocycles. The van der Waals surface area contributed by atoms with Crippen molar-refractivity contribution in [2.45, 2.75) is 58.1 Å². The van der Waals surface area contributed by atoms with Gasteiger partial charge in [0.1, 0.15) is 17.6 Å². The molecule has 0 radical (unpaired) electrons. The Labute approximate surface area is 192 Å². The number of nitrogens with one attached hydrogen (secondary N) is 1. The standard InChI is InChI=1S/C25H31F3N2O3/c1-22(2,3)13-20(25-31-14-23(4,15-32-25)16-33-25)30-21(17-8-10-18(26)11-9-17)24(27,28)19-7-5-6-12-29-19/h5-12,20-21,30H,13-16H2,1-4H3. The van der Waals surface area contributed by atoms with Crippen LogP contribution in [0.2, 0.25) is 0 Å². The minimum absolute atomic E-state index is 0.221. The zero-order valence-corrected chi connectivity index (χ0v) is 19.4. The van der Waals surface area contributed by atoms with E-state index in [9.17, 15) is 4.39 Å². The van der Waals surface area contributed by atoms with E-state index in [4.69, 9.17) is 14.2 Å². The van der Waals surface area contributed by atoms with Crippen LogP contribution in [0.15, 0.2) is 48.7 Å². The van der Waals surface area contributed by atoms with E-state index < -0.39 is 29.8 Å². The number of alkyl halides is 2. The van der Waals surface area contributed by atoms with Gasteiger partial charge in [-0.1, -0.05) is 45.9 Å². The normalized spacial score (nSPS) is 27.4. The summed E-state index contributed by atoms with van der Waals surface area (Å²) in [6.07, 6.45) is 1.76. The lowest BCUT2D eigenvalue weighted by molar-refractivity contribution is -0.476. The van der Waals surface area contributed by atoms with Gasteiger partial charge in [-0.05, 0) is 41.7 Å². The highest BCUT2D eigenvalue weighted by molar-refractivity contribution is 5.26. The third-order valence-corrected chi connectivity index (χ3v) is 6.05. The summed E-state index contributed by atoms with van der Waals surface area (Å²) < 4.78 is 63.5. The molecule has 4 heterocycles. The Bertz CT molecular complexity index is 923. The molecule has 2 unspecified atom stereocenters. The van der Waals surface area contributed by atoms with Crippen molar-refractivity contribution in [3.63, 3.8) is 0 Å². The minimum Gasteiger partial charge on any atom is -0.325 e. The average Bonchev–Trinajstić information content (AvgIpc) is 2.78. The van der Waals surface area contributed by atoms with Crippen LogP contribution in [-0.2, 0) is 20.1 Å². The summed E-state index contributed by atoms with van der Waals surface area (Å²) in [6, 6.07) is 7.18. The lowest BCUT2D eigenvalue weighted by atomic mass is 9.84. The summed E-state index contributed by atoms with van der Waals surface area (Å²) in [5.41, 5.74) is -0.684. The van der Waals surface area contributed by atoms with Crippen LogP contribution in [0, 0.1) is 16.6 Å². The molecule has 180 valence electrons. The summed E-state index contributed by atoms with van der Waals surface area (Å²) in [6.45, 7) is 9.26. The summed E-state index contributed by atoms with van der Waals surface area (Å²) in [4.78, 5) is 3.91. The maximum Gasteiger partial charge on any atom is 0.308 e. The number of hydrogen-bond acceptors (Lipinski definition) is 5. The van der Waals surface area contributed by atoms with Crippen LogP contribution < -0.4 is 5.32 Å². The average molecular weight is 465 g/mol. The van der Waals surface area contributed by atoms with Crippen molar-refractivity contribution in [1.29, 1.82) is 0 Å². The Morgan fingerprint density at radius 3 is 2.12 bits per heavy atom. The molecular weight excluding hydrogens is 433 g/mol. The van der Waals surface area contributed by atoms with Gasteiger partial charge in [0.15, 0.2) is 0 Å². The molecule has 0 aliphatic carbocycles. The first-order valence-electron chi connectivity index (χ1n) is 11.2. The van der Waals surface area contributed by atoms with Gasteiger partial charge in [0, 0.05) is 11.6 Å². The van der Waals surface area contributed by atoms with Crippen molar-refractivity contribution in [2.24, 2.45) is 10.8 Å². The van der Waals surface area contributed by atoms with Crippen LogP contribution >= 0.6 is 0 Å². The lowest BCUT2D eigenvalue weighted by Gasteiger charge is -2.54. The molecule has 3 aliphatic heterocycles. The number of nitrogens with zero attached hydrogens (tertiary/aromatic N) is 1. The topological polar surface area (TPSA) is 52.6 Å². The smallest absolute Gasteiger partial charge is 0.308 e. The molecule has 5 rings (SSSR count). The minimum atomic E-state index is -3.41. The van der Waals surface area contributed by atoms with Crippen LogP contribution in [0.5, 0.6) is 0 Å². The SMILES string of the molecule is CC(C)(C)CC(NC(c1ccc(F)cc1)C(F)(F)c1ccccn1)C12OCC(C)(CO1)CO2. The number of fused-ring (bicyclic) bond motifs is 3. The molecule has 33 heavy (non-hydrogen) atoms. The Hall–Kier alpha value is -2.00. The first-order valence-corrected chi connectivity index (χ1v) is 11.2. The van der Waals surface area contributed by atoms with Crippen LogP contribution in [-0.4, -0.2) is 36.8 Å². The van der Waals surface area contributed by atoms with Gasteiger partial charge in [0.2, 0.25) is 0 Å². The fourth-order valence-electron chi connectivity index (χ4n) is 4.25. The fourth-order valence-corrected chi connectivity index (χ4v) is 4.25. The monoisotopic (exact) mass is 464 g/mol. The summed E-state index contributed by atoms with van der Waals surface area (Å²) in [5, 5.41) is 3.10. The largest absolute Gasteiger partial charge is 0.325 e. The zero-order chi connectivity index (χ0) is 23.9. The fraction of sp³-hybridized carbons (Fsp3) is 0.560. The van der Waals surface area contributed by atoms with Crippen LogP contribution in [0.3, 0.4) is 0 Å².